The van der Waals surface area contributed by atoms with Gasteiger partial charge in [0, 0.05) is 5.56 Å². The molecule has 0 aliphatic carbocycles. The predicted octanol–water partition coefficient (Wildman–Crippen LogP) is 3.65. The van der Waals surface area contributed by atoms with Crippen LogP contribution in [0.1, 0.15) is 15.9 Å². The second-order valence-corrected chi connectivity index (χ2v) is 5.93. The number of carbonyl (C=O) groups is 2. The summed E-state index contributed by atoms with van der Waals surface area (Å²) in [5, 5.41) is 3.28. The first kappa shape index (κ1) is 19.1. The molecule has 0 saturated carbocycles. The first-order chi connectivity index (χ1) is 12.0. The molecule has 2 rings (SSSR count). The van der Waals surface area contributed by atoms with Gasteiger partial charge < -0.3 is 14.8 Å². The van der Waals surface area contributed by atoms with Crippen LogP contribution in [0.2, 0.25) is 10.0 Å². The summed E-state index contributed by atoms with van der Waals surface area (Å²) in [4.78, 5) is 23.7. The molecule has 132 valence electrons. The number of hydrogen-bond acceptors (Lipinski definition) is 4. The van der Waals surface area contributed by atoms with Crippen LogP contribution in [-0.2, 0) is 9.53 Å². The zero-order valence-electron chi connectivity index (χ0n) is 13.6. The summed E-state index contributed by atoms with van der Waals surface area (Å²) in [6.45, 7) is 1.71. The molecule has 0 aromatic heterocycles. The van der Waals surface area contributed by atoms with Gasteiger partial charge in [0.1, 0.15) is 19.8 Å². The molecule has 0 heterocycles. The third-order valence-corrected chi connectivity index (χ3v) is 3.89. The van der Waals surface area contributed by atoms with E-state index in [0.29, 0.717) is 21.4 Å². The van der Waals surface area contributed by atoms with Gasteiger partial charge in [-0.2, -0.15) is 0 Å². The standard InChI is InChI=1S/C18H17Cl2NO4/c1-12-5-2-3-6-13(12)18(23)21-11-16(22)24-9-10-25-17-14(19)7-4-8-15(17)20/h2-8H,9-11H2,1H3,(H,21,23). The highest BCUT2D eigenvalue weighted by Gasteiger charge is 2.11. The van der Waals surface area contributed by atoms with Gasteiger partial charge in [-0.3, -0.25) is 9.59 Å². The fourth-order valence-electron chi connectivity index (χ4n) is 2.05. The number of esters is 1. The Labute approximate surface area is 155 Å². The minimum atomic E-state index is -0.559. The van der Waals surface area contributed by atoms with Gasteiger partial charge in [0.25, 0.3) is 5.91 Å². The monoisotopic (exact) mass is 381 g/mol. The molecule has 0 radical (unpaired) electrons. The van der Waals surface area contributed by atoms with Crippen molar-refractivity contribution in [2.45, 2.75) is 6.92 Å². The number of amides is 1. The molecule has 0 fully saturated rings. The minimum absolute atomic E-state index is 0.0145. The third-order valence-electron chi connectivity index (χ3n) is 3.29. The average Bonchev–Trinajstić information content (AvgIpc) is 2.59. The van der Waals surface area contributed by atoms with Gasteiger partial charge in [0.05, 0.1) is 10.0 Å². The smallest absolute Gasteiger partial charge is 0.325 e. The Morgan fingerprint density at radius 1 is 1.00 bits per heavy atom. The maximum absolute atomic E-state index is 12.0. The topological polar surface area (TPSA) is 64.6 Å². The summed E-state index contributed by atoms with van der Waals surface area (Å²) < 4.78 is 10.4. The summed E-state index contributed by atoms with van der Waals surface area (Å²) in [6, 6.07) is 12.1. The summed E-state index contributed by atoms with van der Waals surface area (Å²) >= 11 is 11.9. The Kier molecular flexibility index (Phi) is 7.10. The molecule has 25 heavy (non-hydrogen) atoms. The second-order valence-electron chi connectivity index (χ2n) is 5.12. The summed E-state index contributed by atoms with van der Waals surface area (Å²) in [7, 11) is 0. The lowest BCUT2D eigenvalue weighted by atomic mass is 10.1. The molecule has 7 heteroatoms. The molecule has 5 nitrogen and oxygen atoms in total. The molecule has 0 aliphatic rings. The van der Waals surface area contributed by atoms with Crippen LogP contribution in [-0.4, -0.2) is 31.6 Å². The van der Waals surface area contributed by atoms with Gasteiger partial charge in [0.15, 0.2) is 5.75 Å². The van der Waals surface area contributed by atoms with E-state index in [-0.39, 0.29) is 25.7 Å². The minimum Gasteiger partial charge on any atom is -0.487 e. The molecule has 0 saturated heterocycles. The lowest BCUT2D eigenvalue weighted by Crippen LogP contribution is -2.31. The van der Waals surface area contributed by atoms with E-state index < -0.39 is 5.97 Å². The van der Waals surface area contributed by atoms with Crippen LogP contribution in [0.4, 0.5) is 0 Å². The number of hydrogen-bond donors (Lipinski definition) is 1. The van der Waals surface area contributed by atoms with Gasteiger partial charge in [-0.25, -0.2) is 0 Å². The summed E-state index contributed by atoms with van der Waals surface area (Å²) in [5.41, 5.74) is 1.35. The number of nitrogens with one attached hydrogen (secondary N) is 1. The van der Waals surface area contributed by atoms with Gasteiger partial charge in [-0.15, -0.1) is 0 Å². The lowest BCUT2D eigenvalue weighted by Gasteiger charge is -2.10. The van der Waals surface area contributed by atoms with Crippen molar-refractivity contribution in [3.63, 3.8) is 0 Å². The molecule has 0 atom stereocenters. The van der Waals surface area contributed by atoms with Crippen LogP contribution in [0, 0.1) is 6.92 Å². The third kappa shape index (κ3) is 5.66. The molecular formula is C18H17Cl2NO4. The van der Waals surface area contributed by atoms with E-state index in [0.717, 1.165) is 5.56 Å². The van der Waals surface area contributed by atoms with Crippen LogP contribution in [0.3, 0.4) is 0 Å². The second kappa shape index (κ2) is 9.30. The molecule has 0 unspecified atom stereocenters. The summed E-state index contributed by atoms with van der Waals surface area (Å²) in [6.07, 6.45) is 0. The fraction of sp³-hybridized carbons (Fsp3) is 0.222. The SMILES string of the molecule is Cc1ccccc1C(=O)NCC(=O)OCCOc1c(Cl)cccc1Cl. The van der Waals surface area contributed by atoms with E-state index in [1.807, 2.05) is 19.1 Å². The van der Waals surface area contributed by atoms with E-state index in [1.54, 1.807) is 30.3 Å². The maximum atomic E-state index is 12.0. The van der Waals surface area contributed by atoms with E-state index in [9.17, 15) is 9.59 Å². The first-order valence-electron chi connectivity index (χ1n) is 7.55. The molecule has 1 N–H and O–H groups in total. The quantitative estimate of drug-likeness (QED) is 0.587. The van der Waals surface area contributed by atoms with Gasteiger partial charge in [0.2, 0.25) is 0 Å². The van der Waals surface area contributed by atoms with Crippen molar-refractivity contribution in [3.05, 3.63) is 63.6 Å². The van der Waals surface area contributed by atoms with Crippen molar-refractivity contribution < 1.29 is 19.1 Å². The molecule has 0 aliphatic heterocycles. The zero-order valence-corrected chi connectivity index (χ0v) is 15.1. The number of halogens is 2. The van der Waals surface area contributed by atoms with Gasteiger partial charge in [-0.1, -0.05) is 47.5 Å². The number of rotatable bonds is 7. The molecule has 0 spiro atoms. The van der Waals surface area contributed by atoms with E-state index in [1.165, 1.54) is 0 Å². The number of carbonyl (C=O) groups excluding carboxylic acids is 2. The predicted molar refractivity (Wildman–Crippen MR) is 96.4 cm³/mol. The van der Waals surface area contributed by atoms with Crippen LogP contribution in [0.15, 0.2) is 42.5 Å². The Balaban J connectivity index is 1.71. The van der Waals surface area contributed by atoms with Gasteiger partial charge in [-0.05, 0) is 30.7 Å². The van der Waals surface area contributed by atoms with Crippen molar-refractivity contribution >= 4 is 35.1 Å². The van der Waals surface area contributed by atoms with Crippen molar-refractivity contribution in [3.8, 4) is 5.75 Å². The average molecular weight is 382 g/mol. The van der Waals surface area contributed by atoms with Crippen LogP contribution in [0.5, 0.6) is 5.75 Å². The number of aryl methyl sites for hydroxylation is 1. The number of ether oxygens (including phenoxy) is 2. The number of benzene rings is 2. The normalized spacial score (nSPS) is 10.2. The van der Waals surface area contributed by atoms with Gasteiger partial charge >= 0.3 is 5.97 Å². The van der Waals surface area contributed by atoms with E-state index in [2.05, 4.69) is 5.32 Å². The molecule has 2 aromatic carbocycles. The fourth-order valence-corrected chi connectivity index (χ4v) is 2.55. The van der Waals surface area contributed by atoms with Crippen LogP contribution in [0.25, 0.3) is 0 Å². The van der Waals surface area contributed by atoms with E-state index in [4.69, 9.17) is 32.7 Å². The highest BCUT2D eigenvalue weighted by Crippen LogP contribution is 2.32. The largest absolute Gasteiger partial charge is 0.487 e. The molecular weight excluding hydrogens is 365 g/mol. The Hall–Kier alpha value is -2.24. The van der Waals surface area contributed by atoms with Crippen LogP contribution < -0.4 is 10.1 Å². The van der Waals surface area contributed by atoms with Crippen molar-refractivity contribution in [1.82, 2.24) is 5.32 Å². The highest BCUT2D eigenvalue weighted by atomic mass is 35.5. The zero-order chi connectivity index (χ0) is 18.2. The first-order valence-corrected chi connectivity index (χ1v) is 8.31. The van der Waals surface area contributed by atoms with Crippen molar-refractivity contribution in [1.29, 1.82) is 0 Å². The van der Waals surface area contributed by atoms with E-state index >= 15 is 0 Å². The lowest BCUT2D eigenvalue weighted by molar-refractivity contribution is -0.143. The van der Waals surface area contributed by atoms with Crippen molar-refractivity contribution in [2.24, 2.45) is 0 Å². The van der Waals surface area contributed by atoms with Crippen molar-refractivity contribution in [2.75, 3.05) is 19.8 Å². The highest BCUT2D eigenvalue weighted by molar-refractivity contribution is 6.37. The number of para-hydroxylation sites is 1. The maximum Gasteiger partial charge on any atom is 0.325 e. The summed E-state index contributed by atoms with van der Waals surface area (Å²) in [5.74, 6) is -0.542. The molecule has 1 amide bonds. The Bertz CT molecular complexity index is 744. The Morgan fingerprint density at radius 2 is 1.68 bits per heavy atom. The molecule has 2 aromatic rings. The molecule has 0 bridgehead atoms. The Morgan fingerprint density at radius 3 is 2.36 bits per heavy atom. The van der Waals surface area contributed by atoms with Crippen LogP contribution >= 0.6 is 23.2 Å².